The predicted molar refractivity (Wildman–Crippen MR) is 149 cm³/mol. The number of aromatic nitrogens is 1. The maximum atomic E-state index is 12.0. The van der Waals surface area contributed by atoms with Gasteiger partial charge in [0.2, 0.25) is 0 Å². The van der Waals surface area contributed by atoms with Crippen LogP contribution in [0.25, 0.3) is 22.0 Å². The molecule has 0 fully saturated rings. The lowest BCUT2D eigenvalue weighted by Gasteiger charge is -2.16. The first-order chi connectivity index (χ1) is 18.8. The molecule has 202 valence electrons. The number of azo groups is 1. The standard InChI is InChI=1S/C28H28N4O6S/c1-3-5-12-38-28-22(13-18(17-33)14-25(28)37-4-2)23-11-10-19(16-30-23)31-32-24-15-26(39(34,35)36)20-8-6-7-9-21(20)27(24)29/h6-11,13-17H,3-5,12,29H2,1-2H3,(H,34,35,36)/b32-31+. The van der Waals surface area contributed by atoms with Crippen molar-refractivity contribution in [3.05, 3.63) is 66.4 Å². The summed E-state index contributed by atoms with van der Waals surface area (Å²) >= 11 is 0. The monoisotopic (exact) mass is 548 g/mol. The van der Waals surface area contributed by atoms with Crippen LogP contribution in [-0.2, 0) is 10.1 Å². The van der Waals surface area contributed by atoms with Gasteiger partial charge in [-0.25, -0.2) is 0 Å². The maximum absolute atomic E-state index is 12.0. The molecular formula is C28H28N4O6S. The zero-order valence-corrected chi connectivity index (χ0v) is 22.3. The molecule has 0 radical (unpaired) electrons. The molecule has 0 amide bonds. The third-order valence-corrected chi connectivity index (χ3v) is 6.75. The highest BCUT2D eigenvalue weighted by Gasteiger charge is 2.19. The smallest absolute Gasteiger partial charge is 0.295 e. The minimum Gasteiger partial charge on any atom is -0.490 e. The second-order valence-electron chi connectivity index (χ2n) is 8.58. The van der Waals surface area contributed by atoms with Gasteiger partial charge in [-0.1, -0.05) is 37.6 Å². The molecule has 4 rings (SSSR count). The summed E-state index contributed by atoms with van der Waals surface area (Å²) in [5.74, 6) is 0.958. The number of rotatable bonds is 11. The number of aldehydes is 1. The van der Waals surface area contributed by atoms with E-state index in [2.05, 4.69) is 22.1 Å². The second kappa shape index (κ2) is 12.0. The van der Waals surface area contributed by atoms with E-state index >= 15 is 0 Å². The zero-order valence-electron chi connectivity index (χ0n) is 21.5. The van der Waals surface area contributed by atoms with Gasteiger partial charge in [0.1, 0.15) is 22.6 Å². The molecule has 0 saturated carbocycles. The first kappa shape index (κ1) is 27.7. The average molecular weight is 549 g/mol. The van der Waals surface area contributed by atoms with E-state index < -0.39 is 10.1 Å². The van der Waals surface area contributed by atoms with Gasteiger partial charge in [0.05, 0.1) is 30.8 Å². The Kier molecular flexibility index (Phi) is 8.52. The van der Waals surface area contributed by atoms with Gasteiger partial charge in [0, 0.05) is 21.9 Å². The van der Waals surface area contributed by atoms with Crippen molar-refractivity contribution in [2.75, 3.05) is 18.9 Å². The van der Waals surface area contributed by atoms with E-state index in [1.807, 2.05) is 6.92 Å². The van der Waals surface area contributed by atoms with Gasteiger partial charge in [-0.2, -0.15) is 8.42 Å². The van der Waals surface area contributed by atoms with Crippen LogP contribution in [0.2, 0.25) is 0 Å². The van der Waals surface area contributed by atoms with Crippen LogP contribution in [0.3, 0.4) is 0 Å². The van der Waals surface area contributed by atoms with E-state index in [9.17, 15) is 17.8 Å². The Balaban J connectivity index is 1.71. The Morgan fingerprint density at radius 3 is 2.44 bits per heavy atom. The topological polar surface area (TPSA) is 154 Å². The van der Waals surface area contributed by atoms with Gasteiger partial charge in [-0.3, -0.25) is 14.3 Å². The third kappa shape index (κ3) is 6.21. The van der Waals surface area contributed by atoms with E-state index in [4.69, 9.17) is 15.2 Å². The number of ether oxygens (including phenoxy) is 2. The Bertz CT molecular complexity index is 1640. The molecule has 4 aromatic rings. The fourth-order valence-electron chi connectivity index (χ4n) is 3.97. The van der Waals surface area contributed by atoms with E-state index in [0.717, 1.165) is 19.1 Å². The minimum atomic E-state index is -4.53. The van der Waals surface area contributed by atoms with Gasteiger partial charge in [0.15, 0.2) is 11.5 Å². The number of hydrogen-bond acceptors (Lipinski definition) is 9. The van der Waals surface area contributed by atoms with Crippen molar-refractivity contribution in [1.29, 1.82) is 0 Å². The van der Waals surface area contributed by atoms with Crippen LogP contribution in [0.4, 0.5) is 17.1 Å². The van der Waals surface area contributed by atoms with E-state index in [0.29, 0.717) is 52.6 Å². The average Bonchev–Trinajstić information content (AvgIpc) is 2.93. The van der Waals surface area contributed by atoms with Crippen LogP contribution in [0, 0.1) is 0 Å². The Morgan fingerprint density at radius 2 is 1.79 bits per heavy atom. The summed E-state index contributed by atoms with van der Waals surface area (Å²) in [6.45, 7) is 4.79. The summed E-state index contributed by atoms with van der Waals surface area (Å²) in [6, 6.07) is 14.4. The lowest BCUT2D eigenvalue weighted by molar-refractivity contribution is 0.112. The highest BCUT2D eigenvalue weighted by Crippen LogP contribution is 2.40. The minimum absolute atomic E-state index is 0.0806. The van der Waals surface area contributed by atoms with Gasteiger partial charge in [0.25, 0.3) is 10.1 Å². The molecule has 3 aromatic carbocycles. The quantitative estimate of drug-likeness (QED) is 0.0704. The van der Waals surface area contributed by atoms with Crippen LogP contribution < -0.4 is 15.2 Å². The number of unbranched alkanes of at least 4 members (excludes halogenated alkanes) is 1. The molecule has 39 heavy (non-hydrogen) atoms. The molecule has 11 heteroatoms. The molecule has 1 heterocycles. The number of fused-ring (bicyclic) bond motifs is 1. The molecule has 10 nitrogen and oxygen atoms in total. The maximum Gasteiger partial charge on any atom is 0.295 e. The van der Waals surface area contributed by atoms with Crippen molar-refractivity contribution in [2.45, 2.75) is 31.6 Å². The van der Waals surface area contributed by atoms with Crippen LogP contribution in [0.5, 0.6) is 11.5 Å². The van der Waals surface area contributed by atoms with Gasteiger partial charge in [-0.15, -0.1) is 10.2 Å². The van der Waals surface area contributed by atoms with Crippen molar-refractivity contribution in [1.82, 2.24) is 4.98 Å². The molecule has 0 unspecified atom stereocenters. The highest BCUT2D eigenvalue weighted by atomic mass is 32.2. The SMILES string of the molecule is CCCCOc1c(OCC)cc(C=O)cc1-c1ccc(/N=N/c2cc(S(=O)(=O)O)c3ccccc3c2N)cn1. The highest BCUT2D eigenvalue weighted by molar-refractivity contribution is 7.86. The van der Waals surface area contributed by atoms with Crippen molar-refractivity contribution >= 4 is 44.2 Å². The normalized spacial score (nSPS) is 11.7. The number of nitrogen functional groups attached to an aromatic ring is 1. The van der Waals surface area contributed by atoms with Crippen LogP contribution in [0.1, 0.15) is 37.0 Å². The number of benzene rings is 3. The molecule has 3 N–H and O–H groups in total. The van der Waals surface area contributed by atoms with Crippen LogP contribution >= 0.6 is 0 Å². The number of anilines is 1. The Morgan fingerprint density at radius 1 is 1.03 bits per heavy atom. The predicted octanol–water partition coefficient (Wildman–Crippen LogP) is 6.54. The molecular weight excluding hydrogens is 520 g/mol. The van der Waals surface area contributed by atoms with Crippen LogP contribution in [0.15, 0.2) is 75.9 Å². The molecule has 0 saturated heterocycles. The number of nitrogens with two attached hydrogens (primary N) is 1. The van der Waals surface area contributed by atoms with E-state index in [1.54, 1.807) is 48.5 Å². The molecule has 0 bridgehead atoms. The van der Waals surface area contributed by atoms with Gasteiger partial charge in [-0.05, 0) is 43.7 Å². The summed E-state index contributed by atoms with van der Waals surface area (Å²) in [4.78, 5) is 15.7. The van der Waals surface area contributed by atoms with E-state index in [-0.39, 0.29) is 21.7 Å². The van der Waals surface area contributed by atoms with Crippen molar-refractivity contribution in [2.24, 2.45) is 10.2 Å². The van der Waals surface area contributed by atoms with Crippen molar-refractivity contribution in [3.63, 3.8) is 0 Å². The zero-order chi connectivity index (χ0) is 28.0. The summed E-state index contributed by atoms with van der Waals surface area (Å²) in [7, 11) is -4.53. The van der Waals surface area contributed by atoms with Crippen molar-refractivity contribution < 1.29 is 27.2 Å². The summed E-state index contributed by atoms with van der Waals surface area (Å²) in [5.41, 5.74) is 8.44. The fraction of sp³-hybridized carbons (Fsp3) is 0.214. The lowest BCUT2D eigenvalue weighted by atomic mass is 10.1. The molecule has 0 aliphatic carbocycles. The largest absolute Gasteiger partial charge is 0.490 e. The summed E-state index contributed by atoms with van der Waals surface area (Å²) in [6.07, 6.45) is 4.02. The molecule has 0 spiro atoms. The van der Waals surface area contributed by atoms with E-state index in [1.165, 1.54) is 12.3 Å². The first-order valence-corrected chi connectivity index (χ1v) is 13.8. The number of pyridine rings is 1. The number of carbonyl (C=O) groups is 1. The Labute approximate surface area is 226 Å². The van der Waals surface area contributed by atoms with Gasteiger partial charge < -0.3 is 15.2 Å². The number of hydrogen-bond donors (Lipinski definition) is 2. The fourth-order valence-corrected chi connectivity index (χ4v) is 4.69. The third-order valence-electron chi connectivity index (χ3n) is 5.86. The van der Waals surface area contributed by atoms with Crippen LogP contribution in [-0.4, -0.2) is 37.5 Å². The molecule has 0 atom stereocenters. The number of carbonyl (C=O) groups excluding carboxylic acids is 1. The lowest BCUT2D eigenvalue weighted by Crippen LogP contribution is -2.04. The van der Waals surface area contributed by atoms with Gasteiger partial charge >= 0.3 is 0 Å². The summed E-state index contributed by atoms with van der Waals surface area (Å²) < 4.78 is 45.4. The molecule has 1 aromatic heterocycles. The van der Waals surface area contributed by atoms with Crippen molar-refractivity contribution in [3.8, 4) is 22.8 Å². The molecule has 0 aliphatic rings. The Hall–Kier alpha value is -4.35. The summed E-state index contributed by atoms with van der Waals surface area (Å²) in [5, 5.41) is 8.99. The number of nitrogens with zero attached hydrogens (tertiary/aromatic N) is 3. The second-order valence-corrected chi connectivity index (χ2v) is 9.97. The first-order valence-electron chi connectivity index (χ1n) is 12.3. The molecule has 0 aliphatic heterocycles.